The molecule has 106 valence electrons. The topological polar surface area (TPSA) is 59.1 Å². The lowest BCUT2D eigenvalue weighted by molar-refractivity contribution is 0.0329. The molecule has 0 bridgehead atoms. The Bertz CT molecular complexity index is 366. The van der Waals surface area contributed by atoms with Crippen LogP contribution in [0, 0.1) is 0 Å². The minimum Gasteiger partial charge on any atom is -0.378 e. The summed E-state index contributed by atoms with van der Waals surface area (Å²) in [6.07, 6.45) is 6.29. The molecule has 2 rings (SSSR count). The fourth-order valence-corrected chi connectivity index (χ4v) is 2.19. The number of hydrogen-bond acceptors (Lipinski definition) is 5. The van der Waals surface area contributed by atoms with Crippen LogP contribution >= 0.6 is 0 Å². The van der Waals surface area contributed by atoms with E-state index in [1.165, 1.54) is 0 Å². The van der Waals surface area contributed by atoms with Crippen LogP contribution < -0.4 is 10.6 Å². The molecular weight excluding hydrogens is 240 g/mol. The Morgan fingerprint density at radius 2 is 2.21 bits per heavy atom. The van der Waals surface area contributed by atoms with Gasteiger partial charge in [-0.3, -0.25) is 0 Å². The van der Waals surface area contributed by atoms with Crippen molar-refractivity contribution in [2.24, 2.45) is 0 Å². The standard InChI is InChI=1S/C14H24N4O/c1-2-12-10-14(18-11-17-12)16-6-3-9-19-13-4-7-15-8-5-13/h10-11,13,15H,2-9H2,1H3,(H,16,17,18). The number of nitrogens with zero attached hydrogens (tertiary/aromatic N) is 2. The Morgan fingerprint density at radius 1 is 1.37 bits per heavy atom. The van der Waals surface area contributed by atoms with Crippen LogP contribution in [0.5, 0.6) is 0 Å². The van der Waals surface area contributed by atoms with Gasteiger partial charge in [0.1, 0.15) is 12.1 Å². The van der Waals surface area contributed by atoms with Gasteiger partial charge in [-0.1, -0.05) is 6.92 Å². The molecule has 1 fully saturated rings. The summed E-state index contributed by atoms with van der Waals surface area (Å²) in [5.74, 6) is 0.911. The van der Waals surface area contributed by atoms with E-state index in [-0.39, 0.29) is 0 Å². The number of hydrogen-bond donors (Lipinski definition) is 2. The van der Waals surface area contributed by atoms with Crippen molar-refractivity contribution in [3.05, 3.63) is 18.1 Å². The highest BCUT2D eigenvalue weighted by Crippen LogP contribution is 2.08. The van der Waals surface area contributed by atoms with Crippen LogP contribution in [-0.4, -0.2) is 42.3 Å². The number of ether oxygens (including phenoxy) is 1. The van der Waals surface area contributed by atoms with Gasteiger partial charge in [0.2, 0.25) is 0 Å². The molecule has 0 aromatic carbocycles. The quantitative estimate of drug-likeness (QED) is 0.733. The largest absolute Gasteiger partial charge is 0.378 e. The third kappa shape index (κ3) is 5.12. The molecule has 5 nitrogen and oxygen atoms in total. The van der Waals surface area contributed by atoms with Crippen LogP contribution in [0.3, 0.4) is 0 Å². The molecule has 0 spiro atoms. The second-order valence-corrected chi connectivity index (χ2v) is 4.85. The molecule has 0 saturated carbocycles. The molecule has 1 saturated heterocycles. The minimum absolute atomic E-state index is 0.451. The fourth-order valence-electron chi connectivity index (χ4n) is 2.19. The van der Waals surface area contributed by atoms with Gasteiger partial charge in [-0.2, -0.15) is 0 Å². The SMILES string of the molecule is CCc1cc(NCCCOC2CCNCC2)ncn1. The summed E-state index contributed by atoms with van der Waals surface area (Å²) in [6.45, 7) is 5.99. The average Bonchev–Trinajstić information content (AvgIpc) is 2.48. The van der Waals surface area contributed by atoms with Gasteiger partial charge < -0.3 is 15.4 Å². The zero-order valence-electron chi connectivity index (χ0n) is 11.7. The van der Waals surface area contributed by atoms with E-state index in [1.807, 2.05) is 6.07 Å². The molecule has 0 aliphatic carbocycles. The third-order valence-corrected chi connectivity index (χ3v) is 3.35. The number of nitrogens with one attached hydrogen (secondary N) is 2. The number of aromatic nitrogens is 2. The predicted octanol–water partition coefficient (Wildman–Crippen LogP) is 1.61. The molecule has 2 heterocycles. The first kappa shape index (κ1) is 14.2. The normalized spacial score (nSPS) is 16.5. The van der Waals surface area contributed by atoms with Gasteiger partial charge in [0.25, 0.3) is 0 Å². The second-order valence-electron chi connectivity index (χ2n) is 4.85. The van der Waals surface area contributed by atoms with E-state index >= 15 is 0 Å². The summed E-state index contributed by atoms with van der Waals surface area (Å²) in [6, 6.07) is 2.01. The molecular formula is C14H24N4O. The van der Waals surface area contributed by atoms with E-state index in [4.69, 9.17) is 4.74 Å². The smallest absolute Gasteiger partial charge is 0.129 e. The van der Waals surface area contributed by atoms with Crippen LogP contribution in [0.25, 0.3) is 0 Å². The minimum atomic E-state index is 0.451. The molecule has 2 N–H and O–H groups in total. The van der Waals surface area contributed by atoms with Crippen molar-refractivity contribution in [2.75, 3.05) is 31.6 Å². The first-order valence-electron chi connectivity index (χ1n) is 7.25. The summed E-state index contributed by atoms with van der Waals surface area (Å²) in [5, 5.41) is 6.66. The van der Waals surface area contributed by atoms with Crippen molar-refractivity contribution < 1.29 is 4.74 Å². The predicted molar refractivity (Wildman–Crippen MR) is 76.4 cm³/mol. The lowest BCUT2D eigenvalue weighted by atomic mass is 10.1. The monoisotopic (exact) mass is 264 g/mol. The van der Waals surface area contributed by atoms with E-state index in [9.17, 15) is 0 Å². The summed E-state index contributed by atoms with van der Waals surface area (Å²) < 4.78 is 5.85. The Morgan fingerprint density at radius 3 is 3.00 bits per heavy atom. The van der Waals surface area contributed by atoms with Crippen LogP contribution in [0.1, 0.15) is 31.9 Å². The van der Waals surface area contributed by atoms with Crippen molar-refractivity contribution in [2.45, 2.75) is 38.7 Å². The first-order chi connectivity index (χ1) is 9.38. The van der Waals surface area contributed by atoms with E-state index < -0.39 is 0 Å². The Labute approximate surface area is 115 Å². The van der Waals surface area contributed by atoms with Crippen molar-refractivity contribution in [3.63, 3.8) is 0 Å². The van der Waals surface area contributed by atoms with Gasteiger partial charge in [0, 0.05) is 24.9 Å². The van der Waals surface area contributed by atoms with E-state index in [2.05, 4.69) is 27.5 Å². The average molecular weight is 264 g/mol. The maximum atomic E-state index is 5.85. The van der Waals surface area contributed by atoms with Gasteiger partial charge in [-0.15, -0.1) is 0 Å². The molecule has 19 heavy (non-hydrogen) atoms. The number of anilines is 1. The van der Waals surface area contributed by atoms with E-state index in [1.54, 1.807) is 6.33 Å². The summed E-state index contributed by atoms with van der Waals surface area (Å²) >= 11 is 0. The summed E-state index contributed by atoms with van der Waals surface area (Å²) in [7, 11) is 0. The van der Waals surface area contributed by atoms with Crippen LogP contribution in [0.15, 0.2) is 12.4 Å². The number of piperidine rings is 1. The van der Waals surface area contributed by atoms with Gasteiger partial charge >= 0.3 is 0 Å². The molecule has 0 unspecified atom stereocenters. The van der Waals surface area contributed by atoms with Crippen molar-refractivity contribution >= 4 is 5.82 Å². The fraction of sp³-hybridized carbons (Fsp3) is 0.714. The maximum absolute atomic E-state index is 5.85. The van der Waals surface area contributed by atoms with Crippen molar-refractivity contribution in [1.29, 1.82) is 0 Å². The van der Waals surface area contributed by atoms with Crippen LogP contribution in [0.4, 0.5) is 5.82 Å². The van der Waals surface area contributed by atoms with Gasteiger partial charge in [-0.05, 0) is 38.8 Å². The molecule has 0 radical (unpaired) electrons. The highest BCUT2D eigenvalue weighted by atomic mass is 16.5. The Kier molecular flexibility index (Phi) is 6.04. The lowest BCUT2D eigenvalue weighted by Gasteiger charge is -2.22. The highest BCUT2D eigenvalue weighted by Gasteiger charge is 2.12. The summed E-state index contributed by atoms with van der Waals surface area (Å²) in [4.78, 5) is 8.39. The van der Waals surface area contributed by atoms with Crippen molar-refractivity contribution in [1.82, 2.24) is 15.3 Å². The summed E-state index contributed by atoms with van der Waals surface area (Å²) in [5.41, 5.74) is 1.07. The highest BCUT2D eigenvalue weighted by molar-refractivity contribution is 5.34. The van der Waals surface area contributed by atoms with Crippen molar-refractivity contribution in [3.8, 4) is 0 Å². The Balaban J connectivity index is 1.58. The maximum Gasteiger partial charge on any atom is 0.129 e. The van der Waals surface area contributed by atoms with Crippen LogP contribution in [-0.2, 0) is 11.2 Å². The molecule has 1 aromatic rings. The number of rotatable bonds is 7. The number of aryl methyl sites for hydroxylation is 1. The molecule has 5 heteroatoms. The second kappa shape index (κ2) is 8.07. The zero-order chi connectivity index (χ0) is 13.3. The Hall–Kier alpha value is -1.20. The molecule has 1 aliphatic heterocycles. The lowest BCUT2D eigenvalue weighted by Crippen LogP contribution is -2.32. The van der Waals surface area contributed by atoms with Gasteiger partial charge in [-0.25, -0.2) is 9.97 Å². The first-order valence-corrected chi connectivity index (χ1v) is 7.25. The molecule has 0 atom stereocenters. The van der Waals surface area contributed by atoms with E-state index in [0.29, 0.717) is 6.10 Å². The molecule has 1 aromatic heterocycles. The zero-order valence-corrected chi connectivity index (χ0v) is 11.7. The third-order valence-electron chi connectivity index (χ3n) is 3.35. The molecule has 1 aliphatic rings. The van der Waals surface area contributed by atoms with Gasteiger partial charge in [0.15, 0.2) is 0 Å². The van der Waals surface area contributed by atoms with Crippen LogP contribution in [0.2, 0.25) is 0 Å². The molecule has 0 amide bonds. The van der Waals surface area contributed by atoms with E-state index in [0.717, 1.165) is 63.4 Å². The van der Waals surface area contributed by atoms with Gasteiger partial charge in [0.05, 0.1) is 6.10 Å².